The van der Waals surface area contributed by atoms with Crippen molar-refractivity contribution in [2.24, 2.45) is 0 Å². The van der Waals surface area contributed by atoms with Crippen molar-refractivity contribution >= 4 is 65.4 Å². The first-order chi connectivity index (χ1) is 26.2. The fourth-order valence-corrected chi connectivity index (χ4v) is 8.22. The van der Waals surface area contributed by atoms with Crippen LogP contribution in [0, 0.1) is 0 Å². The number of aromatic nitrogens is 4. The summed E-state index contributed by atoms with van der Waals surface area (Å²) >= 11 is 1.71. The summed E-state index contributed by atoms with van der Waals surface area (Å²) in [5, 5.41) is 5.04. The van der Waals surface area contributed by atoms with Crippen molar-refractivity contribution in [3.8, 4) is 55.9 Å². The molecule has 4 aromatic heterocycles. The van der Waals surface area contributed by atoms with Crippen LogP contribution in [0.4, 0.5) is 0 Å². The normalized spacial score (nSPS) is 11.8. The number of rotatable bonds is 5. The second kappa shape index (κ2) is 11.8. The van der Waals surface area contributed by atoms with E-state index in [-0.39, 0.29) is 0 Å². The standard InChI is InChI=1S/C46H26N4O2S/c1-2-10-28(11-3-1)43-48-44(50-45(49-43)35-15-8-13-32-31-12-4-6-17-37(31)52-42(32)35)34-14-9-18-38-41(34)33-25-24-30(26-39(33)51-38)27-20-22-29(23-21-27)46-47-36-16-5-7-19-40(36)53-46/h1-26H. The molecule has 0 saturated carbocycles. The summed E-state index contributed by atoms with van der Waals surface area (Å²) in [6.07, 6.45) is 0. The molecule has 11 rings (SSSR count). The van der Waals surface area contributed by atoms with Gasteiger partial charge < -0.3 is 8.83 Å². The van der Waals surface area contributed by atoms with Crippen LogP contribution in [0.1, 0.15) is 0 Å². The van der Waals surface area contributed by atoms with Crippen LogP contribution in [0.3, 0.4) is 0 Å². The molecule has 53 heavy (non-hydrogen) atoms. The van der Waals surface area contributed by atoms with E-state index in [4.69, 9.17) is 28.8 Å². The number of hydrogen-bond donors (Lipinski definition) is 0. The topological polar surface area (TPSA) is 77.8 Å². The first kappa shape index (κ1) is 29.7. The lowest BCUT2D eigenvalue weighted by molar-refractivity contribution is 0.668. The number of para-hydroxylation sites is 3. The van der Waals surface area contributed by atoms with Gasteiger partial charge in [0, 0.05) is 38.2 Å². The van der Waals surface area contributed by atoms with Gasteiger partial charge in [-0.25, -0.2) is 19.9 Å². The number of thiazole rings is 1. The van der Waals surface area contributed by atoms with Crippen molar-refractivity contribution in [3.63, 3.8) is 0 Å². The van der Waals surface area contributed by atoms with Crippen molar-refractivity contribution < 1.29 is 8.83 Å². The van der Waals surface area contributed by atoms with E-state index in [0.717, 1.165) is 87.8 Å². The van der Waals surface area contributed by atoms with Gasteiger partial charge in [-0.3, -0.25) is 0 Å². The zero-order valence-electron chi connectivity index (χ0n) is 28.0. The molecule has 0 unspecified atom stereocenters. The summed E-state index contributed by atoms with van der Waals surface area (Å²) in [4.78, 5) is 20.1. The van der Waals surface area contributed by atoms with Gasteiger partial charge in [0.15, 0.2) is 17.5 Å². The molecule has 248 valence electrons. The molecule has 0 fully saturated rings. The van der Waals surface area contributed by atoms with Crippen molar-refractivity contribution in [1.29, 1.82) is 0 Å². The third-order valence-electron chi connectivity index (χ3n) is 9.81. The Balaban J connectivity index is 1.04. The van der Waals surface area contributed by atoms with Crippen LogP contribution in [0.2, 0.25) is 0 Å². The maximum absolute atomic E-state index is 6.53. The molecule has 0 bridgehead atoms. The van der Waals surface area contributed by atoms with Crippen molar-refractivity contribution in [2.45, 2.75) is 0 Å². The average Bonchev–Trinajstić information content (AvgIpc) is 3.94. The molecular formula is C46H26N4O2S. The third kappa shape index (κ3) is 4.93. The van der Waals surface area contributed by atoms with Gasteiger partial charge in [-0.15, -0.1) is 11.3 Å². The summed E-state index contributed by atoms with van der Waals surface area (Å²) in [6, 6.07) is 53.5. The maximum atomic E-state index is 6.53. The minimum Gasteiger partial charge on any atom is -0.456 e. The van der Waals surface area contributed by atoms with Crippen molar-refractivity contribution in [2.75, 3.05) is 0 Å². The molecule has 0 aliphatic heterocycles. The van der Waals surface area contributed by atoms with Crippen LogP contribution in [0.5, 0.6) is 0 Å². The van der Waals surface area contributed by atoms with Gasteiger partial charge in [0.1, 0.15) is 27.3 Å². The molecule has 0 spiro atoms. The number of furan rings is 2. The molecule has 0 amide bonds. The summed E-state index contributed by atoms with van der Waals surface area (Å²) < 4.78 is 14.1. The van der Waals surface area contributed by atoms with E-state index >= 15 is 0 Å². The Morgan fingerprint density at radius 2 is 1.08 bits per heavy atom. The minimum absolute atomic E-state index is 0.542. The van der Waals surface area contributed by atoms with E-state index in [1.807, 2.05) is 78.9 Å². The lowest BCUT2D eigenvalue weighted by Crippen LogP contribution is -2.00. The number of nitrogens with zero attached hydrogens (tertiary/aromatic N) is 4. The Morgan fingerprint density at radius 1 is 0.396 bits per heavy atom. The SMILES string of the molecule is c1ccc(-c2nc(-c3cccc4c3oc3ccccc34)nc(-c3cccc4oc5cc(-c6ccc(-c7nc8ccccc8s7)cc6)ccc5c34)n2)cc1. The number of hydrogen-bond acceptors (Lipinski definition) is 7. The van der Waals surface area contributed by atoms with E-state index in [2.05, 4.69) is 78.9 Å². The zero-order chi connectivity index (χ0) is 34.9. The lowest BCUT2D eigenvalue weighted by atomic mass is 10.0. The monoisotopic (exact) mass is 698 g/mol. The molecule has 0 aliphatic carbocycles. The number of benzene rings is 7. The van der Waals surface area contributed by atoms with Crippen molar-refractivity contribution in [3.05, 3.63) is 158 Å². The molecule has 6 nitrogen and oxygen atoms in total. The van der Waals surface area contributed by atoms with Crippen molar-refractivity contribution in [1.82, 2.24) is 19.9 Å². The molecule has 7 aromatic carbocycles. The van der Waals surface area contributed by atoms with Crippen LogP contribution in [-0.4, -0.2) is 19.9 Å². The zero-order valence-corrected chi connectivity index (χ0v) is 28.8. The molecular weight excluding hydrogens is 673 g/mol. The highest BCUT2D eigenvalue weighted by atomic mass is 32.1. The molecule has 0 saturated heterocycles. The number of fused-ring (bicyclic) bond motifs is 7. The Morgan fingerprint density at radius 3 is 1.96 bits per heavy atom. The summed E-state index contributed by atoms with van der Waals surface area (Å²) in [5.41, 5.74) is 10.0. The van der Waals surface area contributed by atoms with Crippen LogP contribution < -0.4 is 0 Å². The van der Waals surface area contributed by atoms with Gasteiger partial charge in [0.25, 0.3) is 0 Å². The Labute approximate surface area is 306 Å². The molecule has 0 N–H and O–H groups in total. The highest BCUT2D eigenvalue weighted by molar-refractivity contribution is 7.21. The predicted molar refractivity (Wildman–Crippen MR) is 215 cm³/mol. The van der Waals surface area contributed by atoms with Gasteiger partial charge in [0.05, 0.1) is 15.8 Å². The van der Waals surface area contributed by atoms with Crippen LogP contribution in [0.25, 0.3) is 110 Å². The fraction of sp³-hybridized carbons (Fsp3) is 0. The summed E-state index contributed by atoms with van der Waals surface area (Å²) in [5.74, 6) is 1.68. The molecule has 0 aliphatic rings. The molecule has 0 radical (unpaired) electrons. The van der Waals surface area contributed by atoms with E-state index in [0.29, 0.717) is 17.5 Å². The lowest BCUT2D eigenvalue weighted by Gasteiger charge is -2.09. The second-order valence-electron chi connectivity index (χ2n) is 13.0. The third-order valence-corrected chi connectivity index (χ3v) is 10.9. The van der Waals surface area contributed by atoms with Gasteiger partial charge in [-0.1, -0.05) is 115 Å². The molecule has 7 heteroatoms. The average molecular weight is 699 g/mol. The Bertz CT molecular complexity index is 3150. The largest absolute Gasteiger partial charge is 0.456 e. The van der Waals surface area contributed by atoms with Gasteiger partial charge in [-0.2, -0.15) is 0 Å². The van der Waals surface area contributed by atoms with E-state index in [1.54, 1.807) is 11.3 Å². The highest BCUT2D eigenvalue weighted by Gasteiger charge is 2.20. The maximum Gasteiger partial charge on any atom is 0.167 e. The van der Waals surface area contributed by atoms with Gasteiger partial charge >= 0.3 is 0 Å². The van der Waals surface area contributed by atoms with Crippen LogP contribution in [-0.2, 0) is 0 Å². The highest BCUT2D eigenvalue weighted by Crippen LogP contribution is 2.40. The van der Waals surface area contributed by atoms with Crippen LogP contribution >= 0.6 is 11.3 Å². The van der Waals surface area contributed by atoms with E-state index in [9.17, 15) is 0 Å². The first-order valence-electron chi connectivity index (χ1n) is 17.4. The predicted octanol–water partition coefficient (Wildman–Crippen LogP) is 12.6. The first-order valence-corrected chi connectivity index (χ1v) is 18.2. The fourth-order valence-electron chi connectivity index (χ4n) is 7.25. The molecule has 11 aromatic rings. The quantitative estimate of drug-likeness (QED) is 0.178. The Hall–Kier alpha value is -6.96. The van der Waals surface area contributed by atoms with E-state index < -0.39 is 0 Å². The van der Waals surface area contributed by atoms with E-state index in [1.165, 1.54) is 4.70 Å². The molecule has 4 heterocycles. The summed E-state index contributed by atoms with van der Waals surface area (Å²) in [6.45, 7) is 0. The summed E-state index contributed by atoms with van der Waals surface area (Å²) in [7, 11) is 0. The van der Waals surface area contributed by atoms with Gasteiger partial charge in [0.2, 0.25) is 0 Å². The van der Waals surface area contributed by atoms with Crippen LogP contribution in [0.15, 0.2) is 167 Å². The second-order valence-corrected chi connectivity index (χ2v) is 14.0. The molecule has 0 atom stereocenters. The Kier molecular flexibility index (Phi) is 6.62. The van der Waals surface area contributed by atoms with Gasteiger partial charge in [-0.05, 0) is 53.6 Å². The minimum atomic E-state index is 0.542. The smallest absolute Gasteiger partial charge is 0.167 e.